The van der Waals surface area contributed by atoms with Gasteiger partial charge in [-0.2, -0.15) is 4.98 Å². The molecule has 0 atom stereocenters. The van der Waals surface area contributed by atoms with Gasteiger partial charge in [-0.1, -0.05) is 46.7 Å². The minimum Gasteiger partial charge on any atom is -0.493 e. The first-order chi connectivity index (χ1) is 14.2. The van der Waals surface area contributed by atoms with Crippen LogP contribution in [0.15, 0.2) is 58.2 Å². The Hall–Kier alpha value is -3.13. The van der Waals surface area contributed by atoms with Gasteiger partial charge in [-0.05, 0) is 45.0 Å². The Kier molecular flexibility index (Phi) is 5.62. The summed E-state index contributed by atoms with van der Waals surface area (Å²) >= 11 is 1.50. The van der Waals surface area contributed by atoms with E-state index in [-0.39, 0.29) is 0 Å². The lowest BCUT2D eigenvalue weighted by Gasteiger charge is -2.08. The second-order valence-electron chi connectivity index (χ2n) is 6.43. The first-order valence-corrected chi connectivity index (χ1v) is 10.3. The molecule has 0 aliphatic carbocycles. The van der Waals surface area contributed by atoms with Crippen molar-refractivity contribution >= 4 is 11.8 Å². The van der Waals surface area contributed by atoms with E-state index in [9.17, 15) is 0 Å². The normalized spacial score (nSPS) is 11.0. The largest absolute Gasteiger partial charge is 0.493 e. The summed E-state index contributed by atoms with van der Waals surface area (Å²) in [6, 6.07) is 15.9. The fourth-order valence-electron chi connectivity index (χ4n) is 2.91. The molecule has 0 saturated carbocycles. The highest BCUT2D eigenvalue weighted by atomic mass is 32.2. The minimum atomic E-state index is 0.494. The zero-order valence-corrected chi connectivity index (χ0v) is 17.3. The van der Waals surface area contributed by atoms with Gasteiger partial charge in [-0.25, -0.2) is 0 Å². The fourth-order valence-corrected chi connectivity index (χ4v) is 3.74. The summed E-state index contributed by atoms with van der Waals surface area (Å²) in [7, 11) is 0. The Labute approximate surface area is 173 Å². The summed E-state index contributed by atoms with van der Waals surface area (Å²) in [6.07, 6.45) is 0. The van der Waals surface area contributed by atoms with E-state index >= 15 is 0 Å². The fraction of sp³-hybridized carbons (Fsp3) is 0.238. The smallest absolute Gasteiger partial charge is 0.237 e. The topological polar surface area (TPSA) is 78.9 Å². The quantitative estimate of drug-likeness (QED) is 0.413. The number of ether oxygens (including phenoxy) is 1. The molecule has 0 unspecified atom stereocenters. The Morgan fingerprint density at radius 1 is 1.03 bits per heavy atom. The van der Waals surface area contributed by atoms with Crippen molar-refractivity contribution in [1.82, 2.24) is 24.9 Å². The molecule has 4 rings (SSSR count). The Balaban J connectivity index is 1.52. The monoisotopic (exact) mass is 407 g/mol. The van der Waals surface area contributed by atoms with Crippen LogP contribution < -0.4 is 4.74 Å². The molecule has 0 fully saturated rings. The molecule has 0 aliphatic heterocycles. The van der Waals surface area contributed by atoms with E-state index in [0.717, 1.165) is 28.0 Å². The van der Waals surface area contributed by atoms with E-state index in [1.165, 1.54) is 17.3 Å². The molecule has 7 nitrogen and oxygen atoms in total. The maximum Gasteiger partial charge on any atom is 0.237 e. The Morgan fingerprint density at radius 2 is 1.83 bits per heavy atom. The molecular weight excluding hydrogens is 386 g/mol. The predicted molar refractivity (Wildman–Crippen MR) is 111 cm³/mol. The van der Waals surface area contributed by atoms with Gasteiger partial charge in [0, 0.05) is 5.69 Å². The van der Waals surface area contributed by atoms with E-state index in [2.05, 4.69) is 51.5 Å². The van der Waals surface area contributed by atoms with E-state index in [0.29, 0.717) is 24.1 Å². The van der Waals surface area contributed by atoms with Crippen molar-refractivity contribution in [3.63, 3.8) is 0 Å². The van der Waals surface area contributed by atoms with Crippen molar-refractivity contribution in [2.75, 3.05) is 6.61 Å². The lowest BCUT2D eigenvalue weighted by molar-refractivity contribution is 0.341. The maximum absolute atomic E-state index is 5.66. The molecular formula is C21H21N5O2S. The molecule has 29 heavy (non-hydrogen) atoms. The minimum absolute atomic E-state index is 0.494. The molecule has 0 spiro atoms. The second-order valence-corrected chi connectivity index (χ2v) is 7.37. The molecule has 148 valence electrons. The number of para-hydroxylation sites is 1. The van der Waals surface area contributed by atoms with E-state index < -0.39 is 0 Å². The van der Waals surface area contributed by atoms with E-state index in [1.807, 2.05) is 42.7 Å². The van der Waals surface area contributed by atoms with Crippen LogP contribution in [-0.2, 0) is 5.75 Å². The predicted octanol–water partition coefficient (Wildman–Crippen LogP) is 4.63. The molecule has 0 N–H and O–H groups in total. The summed E-state index contributed by atoms with van der Waals surface area (Å²) in [5.41, 5.74) is 3.05. The van der Waals surface area contributed by atoms with Gasteiger partial charge in [0.2, 0.25) is 11.7 Å². The van der Waals surface area contributed by atoms with Crippen LogP contribution in [0.25, 0.3) is 17.1 Å². The van der Waals surface area contributed by atoms with Gasteiger partial charge in [0.15, 0.2) is 5.16 Å². The van der Waals surface area contributed by atoms with Crippen molar-refractivity contribution in [1.29, 1.82) is 0 Å². The number of rotatable bonds is 7. The first kappa shape index (κ1) is 19.2. The van der Waals surface area contributed by atoms with Gasteiger partial charge in [-0.15, -0.1) is 10.2 Å². The Morgan fingerprint density at radius 3 is 2.62 bits per heavy atom. The highest BCUT2D eigenvalue weighted by Gasteiger charge is 2.16. The van der Waals surface area contributed by atoms with E-state index in [4.69, 9.17) is 9.26 Å². The van der Waals surface area contributed by atoms with Crippen LogP contribution >= 0.6 is 11.8 Å². The molecule has 8 heteroatoms. The molecule has 2 heterocycles. The molecule has 0 bridgehead atoms. The number of hydrogen-bond donors (Lipinski definition) is 0. The van der Waals surface area contributed by atoms with Crippen LogP contribution in [-0.4, -0.2) is 31.5 Å². The molecule has 0 radical (unpaired) electrons. The van der Waals surface area contributed by atoms with Crippen molar-refractivity contribution < 1.29 is 9.26 Å². The van der Waals surface area contributed by atoms with Crippen LogP contribution in [0.1, 0.15) is 24.2 Å². The molecule has 2 aromatic heterocycles. The average molecular weight is 407 g/mol. The molecule has 2 aromatic carbocycles. The molecule has 0 saturated heterocycles. The zero-order valence-electron chi connectivity index (χ0n) is 16.5. The summed E-state index contributed by atoms with van der Waals surface area (Å²) in [6.45, 7) is 6.52. The third kappa shape index (κ3) is 4.17. The van der Waals surface area contributed by atoms with Gasteiger partial charge in [0.1, 0.15) is 11.6 Å². The van der Waals surface area contributed by atoms with Crippen molar-refractivity contribution in [2.45, 2.75) is 31.7 Å². The van der Waals surface area contributed by atoms with Gasteiger partial charge in [0.25, 0.3) is 0 Å². The van der Waals surface area contributed by atoms with Crippen LogP contribution in [0.4, 0.5) is 0 Å². The maximum atomic E-state index is 5.66. The standard InChI is InChI=1S/C21H21N5O2S/c1-4-27-18-8-6-5-7-17(18)20-22-19(28-25-20)13-29-21-24-23-15(3)26(21)16-11-9-14(2)10-12-16/h5-12H,4,13H2,1-3H3. The number of thioether (sulfide) groups is 1. The van der Waals surface area contributed by atoms with Gasteiger partial charge in [-0.3, -0.25) is 4.57 Å². The SMILES string of the molecule is CCOc1ccccc1-c1noc(CSc2nnc(C)n2-c2ccc(C)cc2)n1. The first-order valence-electron chi connectivity index (χ1n) is 9.32. The lowest BCUT2D eigenvalue weighted by atomic mass is 10.2. The van der Waals surface area contributed by atoms with Gasteiger partial charge < -0.3 is 9.26 Å². The van der Waals surface area contributed by atoms with Gasteiger partial charge >= 0.3 is 0 Å². The van der Waals surface area contributed by atoms with Crippen LogP contribution in [0.3, 0.4) is 0 Å². The van der Waals surface area contributed by atoms with Crippen molar-refractivity contribution in [3.8, 4) is 22.8 Å². The second kappa shape index (κ2) is 8.48. The van der Waals surface area contributed by atoms with Gasteiger partial charge in [0.05, 0.1) is 17.9 Å². The number of benzene rings is 2. The van der Waals surface area contributed by atoms with E-state index in [1.54, 1.807) is 0 Å². The summed E-state index contributed by atoms with van der Waals surface area (Å²) < 4.78 is 13.1. The average Bonchev–Trinajstić information content (AvgIpc) is 3.34. The zero-order chi connectivity index (χ0) is 20.2. The molecule has 4 aromatic rings. The number of hydrogen-bond acceptors (Lipinski definition) is 7. The number of nitrogens with zero attached hydrogens (tertiary/aromatic N) is 5. The lowest BCUT2D eigenvalue weighted by Crippen LogP contribution is -1.99. The third-order valence-corrected chi connectivity index (χ3v) is 5.22. The van der Waals surface area contributed by atoms with Crippen molar-refractivity contribution in [3.05, 3.63) is 65.8 Å². The highest BCUT2D eigenvalue weighted by molar-refractivity contribution is 7.98. The highest BCUT2D eigenvalue weighted by Crippen LogP contribution is 2.29. The summed E-state index contributed by atoms with van der Waals surface area (Å²) in [5, 5.41) is 13.4. The molecule has 0 amide bonds. The molecule has 0 aliphatic rings. The number of aryl methyl sites for hydroxylation is 2. The van der Waals surface area contributed by atoms with Crippen LogP contribution in [0.5, 0.6) is 5.75 Å². The van der Waals surface area contributed by atoms with Crippen LogP contribution in [0, 0.1) is 13.8 Å². The summed E-state index contributed by atoms with van der Waals surface area (Å²) in [4.78, 5) is 4.52. The number of aromatic nitrogens is 5. The summed E-state index contributed by atoms with van der Waals surface area (Å²) in [5.74, 6) is 3.10. The third-order valence-electron chi connectivity index (χ3n) is 4.31. The Bertz CT molecular complexity index is 1100. The van der Waals surface area contributed by atoms with Crippen molar-refractivity contribution in [2.24, 2.45) is 0 Å². The van der Waals surface area contributed by atoms with Crippen LogP contribution in [0.2, 0.25) is 0 Å².